The van der Waals surface area contributed by atoms with Crippen molar-refractivity contribution >= 4 is 17.0 Å². The van der Waals surface area contributed by atoms with E-state index >= 15 is 0 Å². The van der Waals surface area contributed by atoms with Crippen LogP contribution in [0.3, 0.4) is 0 Å². The fraction of sp³-hybridized carbons (Fsp3) is 0.364. The van der Waals surface area contributed by atoms with Crippen molar-refractivity contribution in [2.24, 2.45) is 5.41 Å². The molecular formula is C22H32N2O6. The van der Waals surface area contributed by atoms with E-state index in [4.69, 9.17) is 9.47 Å². The highest BCUT2D eigenvalue weighted by molar-refractivity contribution is 5.80. The third-order valence-corrected chi connectivity index (χ3v) is 4.72. The molecule has 0 radical (unpaired) electrons. The number of hydrogen-bond donors (Lipinski definition) is 1. The van der Waals surface area contributed by atoms with Gasteiger partial charge in [-0.2, -0.15) is 0 Å². The summed E-state index contributed by atoms with van der Waals surface area (Å²) in [6.45, 7) is 6.40. The number of H-pyrrole nitrogens is 1. The molecule has 7 N–H and O–H groups in total. The van der Waals surface area contributed by atoms with Crippen LogP contribution in [0.1, 0.15) is 32.3 Å². The van der Waals surface area contributed by atoms with Gasteiger partial charge in [-0.05, 0) is 75.6 Å². The van der Waals surface area contributed by atoms with Crippen LogP contribution in [0.5, 0.6) is 5.75 Å². The zero-order chi connectivity index (χ0) is 19.4. The molecular weight excluding hydrogens is 388 g/mol. The molecule has 8 heteroatoms. The van der Waals surface area contributed by atoms with Crippen LogP contribution in [0, 0.1) is 12.3 Å². The molecule has 30 heavy (non-hydrogen) atoms. The van der Waals surface area contributed by atoms with Gasteiger partial charge >= 0.3 is 5.97 Å². The number of imidazole rings is 1. The zero-order valence-electron chi connectivity index (χ0n) is 17.8. The first-order chi connectivity index (χ1) is 12.9. The highest BCUT2D eigenvalue weighted by Gasteiger charge is 2.27. The number of fused-ring (bicyclic) bond motifs is 1. The number of carbonyl (C=O) groups is 1. The Balaban J connectivity index is 0.00000280. The molecule has 0 aliphatic heterocycles. The van der Waals surface area contributed by atoms with E-state index in [2.05, 4.69) is 35.1 Å². The van der Waals surface area contributed by atoms with Crippen molar-refractivity contribution in [2.45, 2.75) is 33.6 Å². The summed E-state index contributed by atoms with van der Waals surface area (Å²) in [7, 11) is 1.42. The van der Waals surface area contributed by atoms with E-state index in [1.807, 2.05) is 38.1 Å². The lowest BCUT2D eigenvalue weighted by Gasteiger charge is -2.21. The number of hydrogen-bond acceptors (Lipinski definition) is 4. The largest absolute Gasteiger partial charge is 0.494 e. The number of nitrogens with zero attached hydrogens (tertiary/aromatic N) is 1. The topological polar surface area (TPSA) is 159 Å². The molecule has 2 aromatic carbocycles. The van der Waals surface area contributed by atoms with Gasteiger partial charge < -0.3 is 30.9 Å². The number of aromatic nitrogens is 2. The van der Waals surface area contributed by atoms with Crippen LogP contribution < -0.4 is 4.74 Å². The summed E-state index contributed by atoms with van der Waals surface area (Å²) in [5.41, 5.74) is 3.73. The third kappa shape index (κ3) is 6.28. The Morgan fingerprint density at radius 2 is 1.73 bits per heavy atom. The molecule has 0 fully saturated rings. The number of aryl methyl sites for hydroxylation is 1. The molecule has 3 rings (SSSR count). The van der Waals surface area contributed by atoms with E-state index in [9.17, 15) is 4.79 Å². The standard InChI is InChI=1S/C22H26N2O3.3H2O/c1-15-6-11-18-19(14-15)24-20(23-18)16-7-9-17(10-8-16)27-13-5-12-22(2,3)21(25)26-4;;;/h6-11,14H,5,12-13H2,1-4H3,(H,23,24);3*1H2. The first-order valence-electron chi connectivity index (χ1n) is 9.17. The zero-order valence-corrected chi connectivity index (χ0v) is 17.8. The molecule has 8 nitrogen and oxygen atoms in total. The molecule has 0 aliphatic carbocycles. The Hall–Kier alpha value is -2.94. The van der Waals surface area contributed by atoms with Crippen LogP contribution in [0.4, 0.5) is 0 Å². The van der Waals surface area contributed by atoms with Gasteiger partial charge in [-0.1, -0.05) is 6.07 Å². The van der Waals surface area contributed by atoms with E-state index in [0.717, 1.165) is 41.0 Å². The van der Waals surface area contributed by atoms with Gasteiger partial charge in [0.1, 0.15) is 11.6 Å². The summed E-state index contributed by atoms with van der Waals surface area (Å²) in [5, 5.41) is 0. The summed E-state index contributed by atoms with van der Waals surface area (Å²) in [4.78, 5) is 19.7. The van der Waals surface area contributed by atoms with E-state index in [1.54, 1.807) is 0 Å². The number of ether oxygens (including phenoxy) is 2. The van der Waals surface area contributed by atoms with Crippen LogP contribution in [0.15, 0.2) is 42.5 Å². The van der Waals surface area contributed by atoms with Gasteiger partial charge in [-0.15, -0.1) is 0 Å². The number of nitrogens with one attached hydrogen (secondary N) is 1. The van der Waals surface area contributed by atoms with Crippen molar-refractivity contribution in [1.29, 1.82) is 0 Å². The van der Waals surface area contributed by atoms with E-state index < -0.39 is 5.41 Å². The van der Waals surface area contributed by atoms with E-state index in [0.29, 0.717) is 6.61 Å². The van der Waals surface area contributed by atoms with Crippen molar-refractivity contribution < 1.29 is 30.7 Å². The van der Waals surface area contributed by atoms with Gasteiger partial charge in [0.15, 0.2) is 0 Å². The molecule has 0 saturated carbocycles. The summed E-state index contributed by atoms with van der Waals surface area (Å²) in [6.07, 6.45) is 1.50. The predicted molar refractivity (Wildman–Crippen MR) is 118 cm³/mol. The van der Waals surface area contributed by atoms with E-state index in [-0.39, 0.29) is 22.4 Å². The Bertz CT molecular complexity index is 934. The Kier molecular flexibility index (Phi) is 10.2. The maximum Gasteiger partial charge on any atom is 0.311 e. The molecule has 0 aliphatic rings. The lowest BCUT2D eigenvalue weighted by atomic mass is 9.88. The summed E-state index contributed by atoms with van der Waals surface area (Å²) in [5.74, 6) is 1.47. The maximum absolute atomic E-state index is 11.7. The number of aromatic amines is 1. The fourth-order valence-electron chi connectivity index (χ4n) is 3.04. The molecule has 0 spiro atoms. The number of carbonyl (C=O) groups excluding carboxylic acids is 1. The van der Waals surface area contributed by atoms with Crippen LogP contribution in [-0.2, 0) is 9.53 Å². The number of rotatable bonds is 7. The van der Waals surface area contributed by atoms with Gasteiger partial charge in [-0.3, -0.25) is 4.79 Å². The lowest BCUT2D eigenvalue weighted by molar-refractivity contribution is -0.151. The second-order valence-electron chi connectivity index (χ2n) is 7.46. The quantitative estimate of drug-likeness (QED) is 0.459. The first-order valence-corrected chi connectivity index (χ1v) is 9.17. The van der Waals surface area contributed by atoms with Crippen LogP contribution in [0.2, 0.25) is 0 Å². The highest BCUT2D eigenvalue weighted by atomic mass is 16.5. The van der Waals surface area contributed by atoms with Crippen LogP contribution in [-0.4, -0.2) is 46.1 Å². The average molecular weight is 421 g/mol. The van der Waals surface area contributed by atoms with Crippen molar-refractivity contribution in [3.63, 3.8) is 0 Å². The summed E-state index contributed by atoms with van der Waals surface area (Å²) in [6, 6.07) is 14.1. The maximum atomic E-state index is 11.7. The van der Waals surface area contributed by atoms with Crippen molar-refractivity contribution in [3.05, 3.63) is 48.0 Å². The van der Waals surface area contributed by atoms with Crippen LogP contribution >= 0.6 is 0 Å². The van der Waals surface area contributed by atoms with Crippen molar-refractivity contribution in [2.75, 3.05) is 13.7 Å². The molecule has 0 saturated heterocycles. The molecule has 1 heterocycles. The van der Waals surface area contributed by atoms with Gasteiger partial charge in [0.05, 0.1) is 30.2 Å². The summed E-state index contributed by atoms with van der Waals surface area (Å²) < 4.78 is 10.6. The number of methoxy groups -OCH3 is 1. The molecule has 166 valence electrons. The molecule has 0 atom stereocenters. The third-order valence-electron chi connectivity index (χ3n) is 4.72. The van der Waals surface area contributed by atoms with Gasteiger partial charge in [0, 0.05) is 5.56 Å². The predicted octanol–water partition coefficient (Wildman–Crippen LogP) is 2.42. The number of esters is 1. The fourth-order valence-corrected chi connectivity index (χ4v) is 3.04. The highest BCUT2D eigenvalue weighted by Crippen LogP contribution is 2.25. The summed E-state index contributed by atoms with van der Waals surface area (Å²) >= 11 is 0. The van der Waals surface area contributed by atoms with Crippen LogP contribution in [0.25, 0.3) is 22.4 Å². The normalized spacial score (nSPS) is 10.4. The monoisotopic (exact) mass is 420 g/mol. The van der Waals surface area contributed by atoms with Crippen molar-refractivity contribution in [3.8, 4) is 17.1 Å². The van der Waals surface area contributed by atoms with Crippen molar-refractivity contribution in [1.82, 2.24) is 9.97 Å². The average Bonchev–Trinajstić information content (AvgIpc) is 3.08. The Labute approximate surface area is 176 Å². The molecule has 0 bridgehead atoms. The van der Waals surface area contributed by atoms with Gasteiger partial charge in [0.25, 0.3) is 0 Å². The van der Waals surface area contributed by atoms with Gasteiger partial charge in [-0.25, -0.2) is 4.98 Å². The minimum atomic E-state index is -0.485. The smallest absolute Gasteiger partial charge is 0.311 e. The molecule has 0 amide bonds. The molecule has 1 aromatic heterocycles. The number of benzene rings is 2. The SMILES string of the molecule is COC(=O)C(C)(C)CCCOc1ccc(-c2nc3cc(C)ccc3[nH]2)cc1.O.O.O. The molecule has 3 aromatic rings. The molecule has 0 unspecified atom stereocenters. The van der Waals surface area contributed by atoms with E-state index in [1.165, 1.54) is 12.7 Å². The second kappa shape index (κ2) is 11.3. The second-order valence-corrected chi connectivity index (χ2v) is 7.46. The minimum absolute atomic E-state index is 0. The Morgan fingerprint density at radius 1 is 1.07 bits per heavy atom. The van der Waals surface area contributed by atoms with Gasteiger partial charge in [0.2, 0.25) is 0 Å². The first kappa shape index (κ1) is 27.1. The Morgan fingerprint density at radius 3 is 2.37 bits per heavy atom. The lowest BCUT2D eigenvalue weighted by Crippen LogP contribution is -2.26. The minimum Gasteiger partial charge on any atom is -0.494 e.